The molecule has 0 bridgehead atoms. The highest BCUT2D eigenvalue weighted by Crippen LogP contribution is 2.12. The summed E-state index contributed by atoms with van der Waals surface area (Å²) in [6.45, 7) is 4.35. The van der Waals surface area contributed by atoms with Crippen LogP contribution in [0.2, 0.25) is 0 Å². The number of carbonyl (C=O) groups excluding carboxylic acids is 1. The van der Waals surface area contributed by atoms with Gasteiger partial charge in [-0.3, -0.25) is 4.79 Å². The molecule has 0 aliphatic carbocycles. The van der Waals surface area contributed by atoms with Gasteiger partial charge in [0.05, 0.1) is 19.3 Å². The predicted octanol–water partition coefficient (Wildman–Crippen LogP) is -0.0939. The third-order valence-electron chi connectivity index (χ3n) is 2.66. The molecule has 1 aliphatic rings. The molecule has 0 aromatic rings. The van der Waals surface area contributed by atoms with E-state index < -0.39 is 0 Å². The number of amides is 1. The molecule has 0 radical (unpaired) electrons. The Bertz CT molecular complexity index is 211. The van der Waals surface area contributed by atoms with Crippen LogP contribution in [0.1, 0.15) is 19.8 Å². The zero-order valence-electron chi connectivity index (χ0n) is 10.1. The van der Waals surface area contributed by atoms with Crippen LogP contribution in [0, 0.1) is 0 Å². The van der Waals surface area contributed by atoms with E-state index in [1.54, 1.807) is 7.11 Å². The van der Waals surface area contributed by atoms with Crippen molar-refractivity contribution in [1.29, 1.82) is 0 Å². The van der Waals surface area contributed by atoms with Crippen LogP contribution >= 0.6 is 0 Å². The zero-order chi connectivity index (χ0) is 11.8. The highest BCUT2D eigenvalue weighted by molar-refractivity contribution is 5.77. The van der Waals surface area contributed by atoms with Crippen molar-refractivity contribution in [3.63, 3.8) is 0 Å². The molecule has 1 rings (SSSR count). The van der Waals surface area contributed by atoms with Gasteiger partial charge in [0.25, 0.3) is 0 Å². The number of ether oxygens (including phenoxy) is 2. The lowest BCUT2D eigenvalue weighted by atomic mass is 10.0. The molecular formula is C11H22N2O3. The number of methoxy groups -OCH3 is 1. The molecule has 2 N–H and O–H groups in total. The molecule has 1 saturated heterocycles. The van der Waals surface area contributed by atoms with Gasteiger partial charge in [-0.2, -0.15) is 0 Å². The van der Waals surface area contributed by atoms with E-state index in [1.165, 1.54) is 0 Å². The van der Waals surface area contributed by atoms with E-state index in [0.29, 0.717) is 31.8 Å². The molecule has 5 heteroatoms. The first-order chi connectivity index (χ1) is 7.72. The van der Waals surface area contributed by atoms with Crippen LogP contribution in [0.4, 0.5) is 0 Å². The molecule has 1 amide bonds. The molecule has 0 aromatic heterocycles. The molecule has 1 fully saturated rings. The van der Waals surface area contributed by atoms with Crippen molar-refractivity contribution in [2.75, 3.05) is 33.4 Å². The minimum atomic E-state index is 0.0243. The Balaban J connectivity index is 2.06. The normalized spacial score (nSPS) is 25.4. The monoisotopic (exact) mass is 230 g/mol. The minimum absolute atomic E-state index is 0.0243. The van der Waals surface area contributed by atoms with E-state index in [-0.39, 0.29) is 5.91 Å². The van der Waals surface area contributed by atoms with Gasteiger partial charge in [-0.15, -0.1) is 0 Å². The topological polar surface area (TPSA) is 59.6 Å². The molecule has 94 valence electrons. The highest BCUT2D eigenvalue weighted by Gasteiger charge is 2.19. The van der Waals surface area contributed by atoms with Crippen molar-refractivity contribution < 1.29 is 14.3 Å². The summed E-state index contributed by atoms with van der Waals surface area (Å²) in [5, 5.41) is 6.02. The quantitative estimate of drug-likeness (QED) is 0.626. The summed E-state index contributed by atoms with van der Waals surface area (Å²) in [7, 11) is 1.62. The third-order valence-corrected chi connectivity index (χ3v) is 2.66. The van der Waals surface area contributed by atoms with Gasteiger partial charge in [0.1, 0.15) is 0 Å². The van der Waals surface area contributed by atoms with Crippen LogP contribution in [0.5, 0.6) is 0 Å². The van der Waals surface area contributed by atoms with Gasteiger partial charge in [-0.1, -0.05) is 0 Å². The van der Waals surface area contributed by atoms with Crippen molar-refractivity contribution in [2.24, 2.45) is 0 Å². The minimum Gasteiger partial charge on any atom is -0.383 e. The molecule has 2 atom stereocenters. The predicted molar refractivity (Wildman–Crippen MR) is 61.3 cm³/mol. The summed E-state index contributed by atoms with van der Waals surface area (Å²) in [6.07, 6.45) is 2.25. The van der Waals surface area contributed by atoms with Crippen LogP contribution in [-0.4, -0.2) is 51.5 Å². The summed E-state index contributed by atoms with van der Waals surface area (Å²) < 4.78 is 10.3. The first-order valence-electron chi connectivity index (χ1n) is 5.83. The second-order valence-corrected chi connectivity index (χ2v) is 4.13. The lowest BCUT2D eigenvalue weighted by molar-refractivity contribution is -0.120. The van der Waals surface area contributed by atoms with Gasteiger partial charge >= 0.3 is 0 Å². The van der Waals surface area contributed by atoms with Gasteiger partial charge in [0, 0.05) is 26.3 Å². The van der Waals surface area contributed by atoms with Crippen molar-refractivity contribution >= 4 is 5.91 Å². The summed E-state index contributed by atoms with van der Waals surface area (Å²) in [6, 6.07) is 0.400. The van der Waals surface area contributed by atoms with Gasteiger partial charge in [0.15, 0.2) is 0 Å². The Labute approximate surface area is 96.9 Å². The standard InChI is InChI=1S/C11H22N2O3/c1-9-7-10(3-5-16-9)13-8-11(14)12-4-6-15-2/h9-10,13H,3-8H2,1-2H3,(H,12,14). The average Bonchev–Trinajstić information content (AvgIpc) is 2.27. The van der Waals surface area contributed by atoms with Crippen LogP contribution in [0.3, 0.4) is 0 Å². The fourth-order valence-electron chi connectivity index (χ4n) is 1.78. The third kappa shape index (κ3) is 5.44. The lowest BCUT2D eigenvalue weighted by Gasteiger charge is -2.27. The maximum absolute atomic E-state index is 11.4. The Morgan fingerprint density at radius 2 is 2.38 bits per heavy atom. The van der Waals surface area contributed by atoms with Crippen LogP contribution in [-0.2, 0) is 14.3 Å². The van der Waals surface area contributed by atoms with Crippen LogP contribution in [0.25, 0.3) is 0 Å². The van der Waals surface area contributed by atoms with Crippen molar-refractivity contribution in [3.8, 4) is 0 Å². The maximum atomic E-state index is 11.4. The number of carbonyl (C=O) groups is 1. The fourth-order valence-corrected chi connectivity index (χ4v) is 1.78. The Morgan fingerprint density at radius 3 is 3.06 bits per heavy atom. The van der Waals surface area contributed by atoms with Gasteiger partial charge in [-0.25, -0.2) is 0 Å². The van der Waals surface area contributed by atoms with Crippen LogP contribution < -0.4 is 10.6 Å². The number of hydrogen-bond donors (Lipinski definition) is 2. The fraction of sp³-hybridized carbons (Fsp3) is 0.909. The SMILES string of the molecule is COCCNC(=O)CNC1CCOC(C)C1. The number of nitrogens with one attached hydrogen (secondary N) is 2. The Hall–Kier alpha value is -0.650. The van der Waals surface area contributed by atoms with Crippen molar-refractivity contribution in [2.45, 2.75) is 31.9 Å². The highest BCUT2D eigenvalue weighted by atomic mass is 16.5. The van der Waals surface area contributed by atoms with Crippen molar-refractivity contribution in [3.05, 3.63) is 0 Å². The second-order valence-electron chi connectivity index (χ2n) is 4.13. The van der Waals surface area contributed by atoms with E-state index in [1.807, 2.05) is 0 Å². The molecule has 5 nitrogen and oxygen atoms in total. The molecular weight excluding hydrogens is 208 g/mol. The van der Waals surface area contributed by atoms with E-state index >= 15 is 0 Å². The van der Waals surface area contributed by atoms with E-state index in [9.17, 15) is 4.79 Å². The largest absolute Gasteiger partial charge is 0.383 e. The molecule has 16 heavy (non-hydrogen) atoms. The second kappa shape index (κ2) is 7.60. The van der Waals surface area contributed by atoms with Crippen LogP contribution in [0.15, 0.2) is 0 Å². The summed E-state index contributed by atoms with van der Waals surface area (Å²) in [5.41, 5.74) is 0. The van der Waals surface area contributed by atoms with Gasteiger partial charge < -0.3 is 20.1 Å². The summed E-state index contributed by atoms with van der Waals surface area (Å²) >= 11 is 0. The molecule has 1 aliphatic heterocycles. The average molecular weight is 230 g/mol. The first kappa shape index (κ1) is 13.4. The molecule has 1 heterocycles. The zero-order valence-corrected chi connectivity index (χ0v) is 10.1. The molecule has 0 spiro atoms. The Kier molecular flexibility index (Phi) is 6.37. The van der Waals surface area contributed by atoms with Gasteiger partial charge in [-0.05, 0) is 19.8 Å². The number of rotatable bonds is 6. The smallest absolute Gasteiger partial charge is 0.234 e. The van der Waals surface area contributed by atoms with E-state index in [0.717, 1.165) is 19.4 Å². The first-order valence-corrected chi connectivity index (χ1v) is 5.83. The maximum Gasteiger partial charge on any atom is 0.234 e. The Morgan fingerprint density at radius 1 is 1.56 bits per heavy atom. The van der Waals surface area contributed by atoms with E-state index in [2.05, 4.69) is 17.6 Å². The molecule has 0 aromatic carbocycles. The van der Waals surface area contributed by atoms with E-state index in [4.69, 9.17) is 9.47 Å². The summed E-state index contributed by atoms with van der Waals surface area (Å²) in [5.74, 6) is 0.0243. The van der Waals surface area contributed by atoms with Crippen molar-refractivity contribution in [1.82, 2.24) is 10.6 Å². The molecule has 0 saturated carbocycles. The summed E-state index contributed by atoms with van der Waals surface area (Å²) in [4.78, 5) is 11.4. The number of hydrogen-bond acceptors (Lipinski definition) is 4. The van der Waals surface area contributed by atoms with Gasteiger partial charge in [0.2, 0.25) is 5.91 Å². The lowest BCUT2D eigenvalue weighted by Crippen LogP contribution is -2.43. The molecule has 2 unspecified atom stereocenters.